The van der Waals surface area contributed by atoms with Gasteiger partial charge in [-0.1, -0.05) is 37.6 Å². The number of nitrogens with zero attached hydrogens (tertiary/aromatic N) is 1. The lowest BCUT2D eigenvalue weighted by atomic mass is 9.95. The van der Waals surface area contributed by atoms with Gasteiger partial charge in [0.2, 0.25) is 5.90 Å². The summed E-state index contributed by atoms with van der Waals surface area (Å²) < 4.78 is 39.0. The molecule has 2 atom stereocenters. The molecule has 0 spiro atoms. The van der Waals surface area contributed by atoms with Crippen molar-refractivity contribution in [3.05, 3.63) is 70.3 Å². The van der Waals surface area contributed by atoms with E-state index in [1.807, 2.05) is 0 Å². The smallest absolute Gasteiger partial charge is 0.222 e. The number of hydrogen-bond donors (Lipinski definition) is 0. The molecule has 136 valence electrons. The Labute approximate surface area is 151 Å². The predicted molar refractivity (Wildman–Crippen MR) is 95.3 cm³/mol. The summed E-state index contributed by atoms with van der Waals surface area (Å²) in [4.78, 5) is 4.47. The second kappa shape index (κ2) is 7.16. The summed E-state index contributed by atoms with van der Waals surface area (Å²) in [7, 11) is 0. The van der Waals surface area contributed by atoms with Crippen molar-refractivity contribution >= 4 is 5.90 Å². The first-order valence-electron chi connectivity index (χ1n) is 9.06. The number of aliphatic imine (C=N–C) groups is 1. The van der Waals surface area contributed by atoms with Crippen molar-refractivity contribution in [3.8, 4) is 0 Å². The van der Waals surface area contributed by atoms with Gasteiger partial charge >= 0.3 is 0 Å². The molecule has 2 unspecified atom stereocenters. The van der Waals surface area contributed by atoms with Crippen molar-refractivity contribution in [2.45, 2.75) is 38.3 Å². The number of halogens is 2. The Hall–Kier alpha value is -2.27. The van der Waals surface area contributed by atoms with Crippen molar-refractivity contribution in [1.82, 2.24) is 0 Å². The van der Waals surface area contributed by atoms with Gasteiger partial charge in [0.15, 0.2) is 0 Å². The molecule has 0 N–H and O–H groups in total. The van der Waals surface area contributed by atoms with E-state index in [4.69, 9.17) is 9.47 Å². The fraction of sp³-hybridized carbons (Fsp3) is 0.381. The number of hydrogen-bond acceptors (Lipinski definition) is 3. The molecule has 2 aromatic carbocycles. The third kappa shape index (κ3) is 3.36. The van der Waals surface area contributed by atoms with Crippen molar-refractivity contribution in [2.24, 2.45) is 4.99 Å². The molecule has 2 aliphatic rings. The highest BCUT2D eigenvalue weighted by Gasteiger charge is 2.33. The molecular formula is C21H21F2NO2. The summed E-state index contributed by atoms with van der Waals surface area (Å²) in [6, 6.07) is 9.82. The van der Waals surface area contributed by atoms with Gasteiger partial charge in [0.1, 0.15) is 36.0 Å². The molecule has 2 heterocycles. The molecule has 3 nitrogen and oxygen atoms in total. The van der Waals surface area contributed by atoms with Crippen LogP contribution in [0.4, 0.5) is 8.78 Å². The Morgan fingerprint density at radius 3 is 2.54 bits per heavy atom. The first-order chi connectivity index (χ1) is 12.7. The maximum atomic E-state index is 14.0. The third-order valence-corrected chi connectivity index (χ3v) is 4.84. The minimum absolute atomic E-state index is 0.0309. The second-order valence-corrected chi connectivity index (χ2v) is 6.75. The van der Waals surface area contributed by atoms with E-state index < -0.39 is 11.6 Å². The maximum absolute atomic E-state index is 14.0. The van der Waals surface area contributed by atoms with Crippen molar-refractivity contribution < 1.29 is 18.3 Å². The second-order valence-electron chi connectivity index (χ2n) is 6.75. The van der Waals surface area contributed by atoms with Gasteiger partial charge in [-0.3, -0.25) is 0 Å². The van der Waals surface area contributed by atoms with Crippen LogP contribution < -0.4 is 0 Å². The average molecular weight is 357 g/mol. The molecule has 0 amide bonds. The summed E-state index contributed by atoms with van der Waals surface area (Å²) in [6.07, 6.45) is 3.42. The van der Waals surface area contributed by atoms with E-state index in [0.717, 1.165) is 30.4 Å². The summed E-state index contributed by atoms with van der Waals surface area (Å²) in [5, 5.41) is 0. The van der Waals surface area contributed by atoms with E-state index in [-0.39, 0.29) is 30.2 Å². The molecule has 4 rings (SSSR count). The lowest BCUT2D eigenvalue weighted by Crippen LogP contribution is -2.07. The van der Waals surface area contributed by atoms with E-state index in [1.165, 1.54) is 23.8 Å². The minimum atomic E-state index is -0.662. The molecule has 1 fully saturated rings. The quantitative estimate of drug-likeness (QED) is 0.689. The van der Waals surface area contributed by atoms with Gasteiger partial charge in [0, 0.05) is 0 Å². The fourth-order valence-electron chi connectivity index (χ4n) is 3.34. The fourth-order valence-corrected chi connectivity index (χ4v) is 3.34. The summed E-state index contributed by atoms with van der Waals surface area (Å²) >= 11 is 0. The molecule has 0 aromatic heterocycles. The van der Waals surface area contributed by atoms with E-state index >= 15 is 0 Å². The monoisotopic (exact) mass is 357 g/mol. The van der Waals surface area contributed by atoms with Gasteiger partial charge in [0.05, 0.1) is 6.61 Å². The van der Waals surface area contributed by atoms with Crippen LogP contribution in [0.25, 0.3) is 0 Å². The van der Waals surface area contributed by atoms with E-state index in [0.29, 0.717) is 6.61 Å². The number of aryl methyl sites for hydroxylation is 1. The number of epoxide rings is 1. The SMILES string of the molecule is CCCCc1ccc(C2COC(c3c(F)cccc3F)=N2)c(C2CO2)c1. The van der Waals surface area contributed by atoms with Crippen molar-refractivity contribution in [2.75, 3.05) is 13.2 Å². The van der Waals surface area contributed by atoms with E-state index in [2.05, 4.69) is 30.1 Å². The van der Waals surface area contributed by atoms with Crippen LogP contribution in [0.2, 0.25) is 0 Å². The topological polar surface area (TPSA) is 34.1 Å². The Balaban J connectivity index is 1.65. The van der Waals surface area contributed by atoms with Gasteiger partial charge < -0.3 is 9.47 Å². The molecule has 0 saturated carbocycles. The van der Waals surface area contributed by atoms with Gasteiger partial charge in [-0.15, -0.1) is 0 Å². The van der Waals surface area contributed by atoms with Crippen molar-refractivity contribution in [3.63, 3.8) is 0 Å². The van der Waals surface area contributed by atoms with E-state index in [9.17, 15) is 8.78 Å². The normalized spacial score (nSPS) is 21.4. The Morgan fingerprint density at radius 2 is 1.85 bits per heavy atom. The van der Waals surface area contributed by atoms with Crippen molar-refractivity contribution in [1.29, 1.82) is 0 Å². The van der Waals surface area contributed by atoms with Gasteiger partial charge in [-0.25, -0.2) is 13.8 Å². The largest absolute Gasteiger partial charge is 0.475 e. The first kappa shape index (κ1) is 17.2. The van der Waals surface area contributed by atoms with Crippen LogP contribution >= 0.6 is 0 Å². The number of ether oxygens (including phenoxy) is 2. The van der Waals surface area contributed by atoms with Gasteiger partial charge in [-0.05, 0) is 41.7 Å². The van der Waals surface area contributed by atoms with E-state index in [1.54, 1.807) is 0 Å². The predicted octanol–water partition coefficient (Wildman–Crippen LogP) is 4.90. The first-order valence-corrected chi connectivity index (χ1v) is 9.06. The third-order valence-electron chi connectivity index (χ3n) is 4.84. The van der Waals surface area contributed by atoms with Crippen LogP contribution in [0.5, 0.6) is 0 Å². The Kier molecular flexibility index (Phi) is 4.72. The highest BCUT2D eigenvalue weighted by molar-refractivity contribution is 5.95. The Bertz CT molecular complexity index is 826. The van der Waals surface area contributed by atoms with Crippen LogP contribution in [-0.4, -0.2) is 19.1 Å². The zero-order valence-electron chi connectivity index (χ0n) is 14.7. The molecule has 0 aliphatic carbocycles. The maximum Gasteiger partial charge on any atom is 0.222 e. The minimum Gasteiger partial charge on any atom is -0.475 e. The van der Waals surface area contributed by atoms with Crippen LogP contribution in [0, 0.1) is 11.6 Å². The summed E-state index contributed by atoms with van der Waals surface area (Å²) in [5.74, 6) is -1.29. The molecule has 5 heteroatoms. The lowest BCUT2D eigenvalue weighted by molar-refractivity contribution is 0.316. The number of benzene rings is 2. The Morgan fingerprint density at radius 1 is 1.08 bits per heavy atom. The highest BCUT2D eigenvalue weighted by atomic mass is 19.1. The average Bonchev–Trinajstić information content (AvgIpc) is 3.38. The summed E-state index contributed by atoms with van der Waals surface area (Å²) in [5.41, 5.74) is 3.22. The number of unbranched alkanes of at least 4 members (excludes halogenated alkanes) is 1. The van der Waals surface area contributed by atoms with Crippen LogP contribution in [0.3, 0.4) is 0 Å². The van der Waals surface area contributed by atoms with Crippen LogP contribution in [0.15, 0.2) is 41.4 Å². The molecule has 0 radical (unpaired) electrons. The van der Waals surface area contributed by atoms with Gasteiger partial charge in [-0.2, -0.15) is 0 Å². The van der Waals surface area contributed by atoms with Crippen LogP contribution in [-0.2, 0) is 15.9 Å². The van der Waals surface area contributed by atoms with Gasteiger partial charge in [0.25, 0.3) is 0 Å². The zero-order chi connectivity index (χ0) is 18.1. The zero-order valence-corrected chi connectivity index (χ0v) is 14.7. The number of rotatable bonds is 6. The molecule has 0 bridgehead atoms. The molecular weight excluding hydrogens is 336 g/mol. The molecule has 1 saturated heterocycles. The molecule has 2 aromatic rings. The standard InChI is InChI=1S/C21H21F2NO2/c1-2-3-5-13-8-9-14(15(10-13)19-12-25-19)18-11-26-21(24-18)20-16(22)6-4-7-17(20)23/h4,6-10,18-19H,2-3,5,11-12H2,1H3. The van der Waals surface area contributed by atoms with Crippen LogP contribution in [0.1, 0.15) is 54.2 Å². The lowest BCUT2D eigenvalue weighted by Gasteiger charge is -2.13. The summed E-state index contributed by atoms with van der Waals surface area (Å²) in [6.45, 7) is 3.15. The molecule has 26 heavy (non-hydrogen) atoms. The molecule has 2 aliphatic heterocycles. The highest BCUT2D eigenvalue weighted by Crippen LogP contribution is 2.38.